The van der Waals surface area contributed by atoms with E-state index in [0.29, 0.717) is 31.0 Å². The van der Waals surface area contributed by atoms with Crippen molar-refractivity contribution >= 4 is 5.91 Å². The highest BCUT2D eigenvalue weighted by molar-refractivity contribution is 5.77. The van der Waals surface area contributed by atoms with Crippen molar-refractivity contribution in [2.24, 2.45) is 0 Å². The maximum absolute atomic E-state index is 12.4. The Balaban J connectivity index is 1.94. The van der Waals surface area contributed by atoms with Crippen LogP contribution < -0.4 is 4.74 Å². The lowest BCUT2D eigenvalue weighted by Crippen LogP contribution is -2.36. The summed E-state index contributed by atoms with van der Waals surface area (Å²) in [6, 6.07) is 18.5. The van der Waals surface area contributed by atoms with Crippen molar-refractivity contribution in [3.05, 3.63) is 65.7 Å². The summed E-state index contributed by atoms with van der Waals surface area (Å²) >= 11 is 0. The number of benzene rings is 2. The Kier molecular flexibility index (Phi) is 6.81. The second kappa shape index (κ2) is 9.33. The van der Waals surface area contributed by atoms with Gasteiger partial charge in [0.15, 0.2) is 6.61 Å². The summed E-state index contributed by atoms with van der Waals surface area (Å²) in [7, 11) is 1.61. The first kappa shape index (κ1) is 17.5. The molecule has 24 heavy (non-hydrogen) atoms. The van der Waals surface area contributed by atoms with Gasteiger partial charge in [-0.15, -0.1) is 0 Å². The van der Waals surface area contributed by atoms with Gasteiger partial charge in [-0.3, -0.25) is 4.79 Å². The summed E-state index contributed by atoms with van der Waals surface area (Å²) in [6.07, 6.45) is 0. The highest BCUT2D eigenvalue weighted by atomic mass is 16.5. The summed E-state index contributed by atoms with van der Waals surface area (Å²) in [4.78, 5) is 14.2. The van der Waals surface area contributed by atoms with Crippen molar-refractivity contribution in [2.75, 3.05) is 26.9 Å². The van der Waals surface area contributed by atoms with E-state index in [1.165, 1.54) is 0 Å². The van der Waals surface area contributed by atoms with Crippen LogP contribution in [0.25, 0.3) is 0 Å². The molecular weight excluding hydrogens is 304 g/mol. The van der Waals surface area contributed by atoms with Crippen molar-refractivity contribution in [1.82, 2.24) is 4.90 Å². The topological polar surface area (TPSA) is 62.6 Å². The maximum Gasteiger partial charge on any atom is 0.260 e. The first-order chi connectivity index (χ1) is 11.7. The van der Waals surface area contributed by atoms with Crippen LogP contribution in [0.5, 0.6) is 5.75 Å². The number of nitriles is 1. The lowest BCUT2D eigenvalue weighted by atomic mass is 10.2. The van der Waals surface area contributed by atoms with E-state index >= 15 is 0 Å². The predicted molar refractivity (Wildman–Crippen MR) is 90.4 cm³/mol. The van der Waals surface area contributed by atoms with Crippen LogP contribution in [-0.4, -0.2) is 37.7 Å². The molecule has 0 bridgehead atoms. The third-order valence-electron chi connectivity index (χ3n) is 3.48. The average molecular weight is 324 g/mol. The van der Waals surface area contributed by atoms with E-state index in [9.17, 15) is 4.79 Å². The molecular formula is C19H20N2O3. The molecule has 0 radical (unpaired) electrons. The number of rotatable bonds is 8. The Morgan fingerprint density at radius 3 is 2.46 bits per heavy atom. The smallest absolute Gasteiger partial charge is 0.260 e. The Bertz CT molecular complexity index is 678. The SMILES string of the molecule is COCCN(Cc1ccccc1)C(=O)COc1ccc(C#N)cc1. The zero-order chi connectivity index (χ0) is 17.2. The number of carbonyl (C=O) groups is 1. The highest BCUT2D eigenvalue weighted by Gasteiger charge is 2.14. The third kappa shape index (κ3) is 5.41. The summed E-state index contributed by atoms with van der Waals surface area (Å²) < 4.78 is 10.6. The molecule has 0 saturated carbocycles. The molecule has 0 spiro atoms. The first-order valence-electron chi connectivity index (χ1n) is 7.66. The largest absolute Gasteiger partial charge is 0.484 e. The molecule has 124 valence electrons. The lowest BCUT2D eigenvalue weighted by molar-refractivity contribution is -0.134. The van der Waals surface area contributed by atoms with E-state index in [1.54, 1.807) is 36.3 Å². The van der Waals surface area contributed by atoms with Crippen LogP contribution in [0.3, 0.4) is 0 Å². The fourth-order valence-electron chi connectivity index (χ4n) is 2.16. The van der Waals surface area contributed by atoms with Gasteiger partial charge in [0.05, 0.1) is 18.2 Å². The van der Waals surface area contributed by atoms with Gasteiger partial charge in [-0.2, -0.15) is 5.26 Å². The average Bonchev–Trinajstić information content (AvgIpc) is 2.64. The monoisotopic (exact) mass is 324 g/mol. The number of nitrogens with zero attached hydrogens (tertiary/aromatic N) is 2. The van der Waals surface area contributed by atoms with Gasteiger partial charge in [0.1, 0.15) is 5.75 Å². The molecule has 0 aromatic heterocycles. The van der Waals surface area contributed by atoms with Gasteiger partial charge < -0.3 is 14.4 Å². The van der Waals surface area contributed by atoms with E-state index in [4.69, 9.17) is 14.7 Å². The van der Waals surface area contributed by atoms with E-state index in [2.05, 4.69) is 0 Å². The number of hydrogen-bond acceptors (Lipinski definition) is 4. The van der Waals surface area contributed by atoms with Gasteiger partial charge in [-0.05, 0) is 29.8 Å². The highest BCUT2D eigenvalue weighted by Crippen LogP contribution is 2.12. The fraction of sp³-hybridized carbons (Fsp3) is 0.263. The molecule has 0 unspecified atom stereocenters. The minimum absolute atomic E-state index is 0.0531. The number of amides is 1. The summed E-state index contributed by atoms with van der Waals surface area (Å²) in [6.45, 7) is 1.43. The standard InChI is InChI=1S/C19H20N2O3/c1-23-12-11-21(14-17-5-3-2-4-6-17)19(22)15-24-18-9-7-16(13-20)8-10-18/h2-10H,11-12,14-15H2,1H3. The maximum atomic E-state index is 12.4. The number of hydrogen-bond donors (Lipinski definition) is 0. The van der Waals surface area contributed by atoms with Crippen LogP contribution in [0, 0.1) is 11.3 Å². The van der Waals surface area contributed by atoms with Crippen molar-refractivity contribution in [1.29, 1.82) is 5.26 Å². The van der Waals surface area contributed by atoms with Gasteiger partial charge >= 0.3 is 0 Å². The molecule has 2 aromatic carbocycles. The third-order valence-corrected chi connectivity index (χ3v) is 3.48. The molecule has 0 heterocycles. The van der Waals surface area contributed by atoms with Gasteiger partial charge in [-0.1, -0.05) is 30.3 Å². The summed E-state index contributed by atoms with van der Waals surface area (Å²) in [5.74, 6) is 0.453. The van der Waals surface area contributed by atoms with Crippen LogP contribution in [0.4, 0.5) is 0 Å². The van der Waals surface area contributed by atoms with Gasteiger partial charge in [0.25, 0.3) is 5.91 Å². The van der Waals surface area contributed by atoms with E-state index in [0.717, 1.165) is 5.56 Å². The van der Waals surface area contributed by atoms with E-state index in [-0.39, 0.29) is 12.5 Å². The van der Waals surface area contributed by atoms with Crippen LogP contribution >= 0.6 is 0 Å². The van der Waals surface area contributed by atoms with Gasteiger partial charge in [-0.25, -0.2) is 0 Å². The molecule has 0 N–H and O–H groups in total. The number of carbonyl (C=O) groups excluding carboxylic acids is 1. The van der Waals surface area contributed by atoms with E-state index < -0.39 is 0 Å². The van der Waals surface area contributed by atoms with Crippen LogP contribution in [0.1, 0.15) is 11.1 Å². The van der Waals surface area contributed by atoms with Crippen molar-refractivity contribution < 1.29 is 14.3 Å². The molecule has 0 aliphatic heterocycles. The van der Waals surface area contributed by atoms with Crippen molar-refractivity contribution in [3.63, 3.8) is 0 Å². The first-order valence-corrected chi connectivity index (χ1v) is 7.66. The molecule has 0 atom stereocenters. The summed E-state index contributed by atoms with van der Waals surface area (Å²) in [5, 5.41) is 8.78. The second-order valence-corrected chi connectivity index (χ2v) is 5.22. The fourth-order valence-corrected chi connectivity index (χ4v) is 2.16. The van der Waals surface area contributed by atoms with Crippen LogP contribution in [0.2, 0.25) is 0 Å². The predicted octanol–water partition coefficient (Wildman–Crippen LogP) is 2.61. The van der Waals surface area contributed by atoms with Crippen molar-refractivity contribution in [3.8, 4) is 11.8 Å². The second-order valence-electron chi connectivity index (χ2n) is 5.22. The normalized spacial score (nSPS) is 10.0. The zero-order valence-corrected chi connectivity index (χ0v) is 13.6. The molecule has 0 aliphatic rings. The molecule has 1 amide bonds. The molecule has 0 saturated heterocycles. The molecule has 5 nitrogen and oxygen atoms in total. The van der Waals surface area contributed by atoms with Crippen molar-refractivity contribution in [2.45, 2.75) is 6.54 Å². The Hall–Kier alpha value is -2.84. The Morgan fingerprint density at radius 2 is 1.83 bits per heavy atom. The molecule has 2 aromatic rings. The minimum atomic E-state index is -0.111. The minimum Gasteiger partial charge on any atom is -0.484 e. The molecule has 5 heteroatoms. The molecule has 0 fully saturated rings. The van der Waals surface area contributed by atoms with Gasteiger partial charge in [0.2, 0.25) is 0 Å². The molecule has 2 rings (SSSR count). The lowest BCUT2D eigenvalue weighted by Gasteiger charge is -2.22. The van der Waals surface area contributed by atoms with Crippen LogP contribution in [0.15, 0.2) is 54.6 Å². The van der Waals surface area contributed by atoms with Gasteiger partial charge in [0, 0.05) is 20.2 Å². The molecule has 0 aliphatic carbocycles. The Labute approximate surface area is 142 Å². The zero-order valence-electron chi connectivity index (χ0n) is 13.6. The summed E-state index contributed by atoms with van der Waals surface area (Å²) in [5.41, 5.74) is 1.61. The number of methoxy groups -OCH3 is 1. The Morgan fingerprint density at radius 1 is 1.12 bits per heavy atom. The van der Waals surface area contributed by atoms with Crippen LogP contribution in [-0.2, 0) is 16.1 Å². The van der Waals surface area contributed by atoms with E-state index in [1.807, 2.05) is 36.4 Å². The quantitative estimate of drug-likeness (QED) is 0.749. The number of ether oxygens (including phenoxy) is 2.